The Kier molecular flexibility index (Phi) is 3.15. The van der Waals surface area contributed by atoms with Gasteiger partial charge in [0.1, 0.15) is 0 Å². The van der Waals surface area contributed by atoms with Gasteiger partial charge in [0.15, 0.2) is 0 Å². The van der Waals surface area contributed by atoms with Gasteiger partial charge < -0.3 is 4.90 Å². The molecule has 1 heterocycles. The van der Waals surface area contributed by atoms with Crippen LogP contribution in [0.4, 0.5) is 0 Å². The fraction of sp³-hybridized carbons (Fsp3) is 0.611. The molecule has 2 atom stereocenters. The van der Waals surface area contributed by atoms with Crippen LogP contribution < -0.4 is 0 Å². The molecular weight excluding hydrogens is 246 g/mol. The molecule has 1 amide bonds. The summed E-state index contributed by atoms with van der Waals surface area (Å²) in [7, 11) is 0. The number of amides is 1. The van der Waals surface area contributed by atoms with Crippen molar-refractivity contribution in [3.05, 3.63) is 35.9 Å². The molecule has 2 bridgehead atoms. The molecule has 2 nitrogen and oxygen atoms in total. The monoisotopic (exact) mass is 271 g/mol. The Morgan fingerprint density at radius 3 is 2.60 bits per heavy atom. The summed E-state index contributed by atoms with van der Waals surface area (Å²) in [6.45, 7) is 7.95. The van der Waals surface area contributed by atoms with Crippen LogP contribution in [0.1, 0.15) is 45.6 Å². The summed E-state index contributed by atoms with van der Waals surface area (Å²) in [5.74, 6) is 1.00. The van der Waals surface area contributed by atoms with E-state index in [1.807, 2.05) is 30.3 Å². The molecule has 20 heavy (non-hydrogen) atoms. The first-order valence-corrected chi connectivity index (χ1v) is 7.72. The molecule has 1 aromatic rings. The highest BCUT2D eigenvalue weighted by Gasteiger charge is 2.51. The van der Waals surface area contributed by atoms with Crippen LogP contribution >= 0.6 is 0 Å². The molecule has 0 unspecified atom stereocenters. The Morgan fingerprint density at radius 1 is 1.20 bits per heavy atom. The van der Waals surface area contributed by atoms with Crippen molar-refractivity contribution < 1.29 is 4.79 Å². The third-order valence-corrected chi connectivity index (χ3v) is 5.02. The number of hydrogen-bond acceptors (Lipinski definition) is 1. The van der Waals surface area contributed by atoms with Crippen LogP contribution in [-0.2, 0) is 11.2 Å². The quantitative estimate of drug-likeness (QED) is 0.804. The maximum atomic E-state index is 12.7. The summed E-state index contributed by atoms with van der Waals surface area (Å²) < 4.78 is 0. The molecule has 2 aliphatic rings. The molecule has 0 radical (unpaired) electrons. The number of likely N-dealkylation sites (tertiary alicyclic amines) is 1. The predicted octanol–water partition coefficient (Wildman–Crippen LogP) is 3.66. The van der Waals surface area contributed by atoms with Gasteiger partial charge in [-0.15, -0.1) is 0 Å². The number of rotatable bonds is 2. The molecule has 0 spiro atoms. The van der Waals surface area contributed by atoms with Gasteiger partial charge in [0.25, 0.3) is 0 Å². The summed E-state index contributed by atoms with van der Waals surface area (Å²) in [5.41, 5.74) is 1.58. The minimum absolute atomic E-state index is 0.0816. The van der Waals surface area contributed by atoms with Gasteiger partial charge in [0.05, 0.1) is 6.42 Å². The molecule has 108 valence electrons. The lowest BCUT2D eigenvalue weighted by Gasteiger charge is -2.43. The molecule has 2 fully saturated rings. The van der Waals surface area contributed by atoms with Crippen LogP contribution in [0, 0.1) is 11.3 Å². The Labute approximate surface area is 122 Å². The van der Waals surface area contributed by atoms with Crippen molar-refractivity contribution in [2.75, 3.05) is 6.54 Å². The lowest BCUT2D eigenvalue weighted by molar-refractivity contribution is -0.134. The summed E-state index contributed by atoms with van der Waals surface area (Å²) in [5, 5.41) is 0. The second kappa shape index (κ2) is 4.61. The van der Waals surface area contributed by atoms with Gasteiger partial charge in [0, 0.05) is 12.1 Å². The maximum absolute atomic E-state index is 12.7. The Morgan fingerprint density at radius 2 is 1.90 bits per heavy atom. The third-order valence-electron chi connectivity index (χ3n) is 5.02. The first-order chi connectivity index (χ1) is 9.38. The van der Waals surface area contributed by atoms with Gasteiger partial charge in [-0.3, -0.25) is 4.79 Å². The number of nitrogens with zero attached hydrogens (tertiary/aromatic N) is 1. The van der Waals surface area contributed by atoms with Gasteiger partial charge in [-0.25, -0.2) is 0 Å². The topological polar surface area (TPSA) is 20.3 Å². The van der Waals surface area contributed by atoms with E-state index >= 15 is 0 Å². The van der Waals surface area contributed by atoms with Crippen LogP contribution in [0.2, 0.25) is 0 Å². The van der Waals surface area contributed by atoms with E-state index in [1.165, 1.54) is 12.8 Å². The Balaban J connectivity index is 1.76. The van der Waals surface area contributed by atoms with Crippen molar-refractivity contribution >= 4 is 5.91 Å². The first kappa shape index (κ1) is 13.7. The highest BCUT2D eigenvalue weighted by Crippen LogP contribution is 2.51. The normalized spacial score (nSPS) is 31.4. The summed E-state index contributed by atoms with van der Waals surface area (Å²) in [6.07, 6.45) is 4.13. The largest absolute Gasteiger partial charge is 0.337 e. The van der Waals surface area contributed by atoms with Gasteiger partial charge in [-0.05, 0) is 43.1 Å². The predicted molar refractivity (Wildman–Crippen MR) is 81.4 cm³/mol. The van der Waals surface area contributed by atoms with Crippen molar-refractivity contribution in [3.63, 3.8) is 0 Å². The lowest BCUT2D eigenvalue weighted by Crippen LogP contribution is -2.48. The zero-order valence-corrected chi connectivity index (χ0v) is 12.9. The van der Waals surface area contributed by atoms with E-state index in [1.54, 1.807) is 0 Å². The van der Waals surface area contributed by atoms with Gasteiger partial charge in [0.2, 0.25) is 5.91 Å². The molecule has 0 N–H and O–H groups in total. The third kappa shape index (κ3) is 2.48. The molecule has 1 aromatic carbocycles. The summed E-state index contributed by atoms with van der Waals surface area (Å²) in [6, 6.07) is 10.1. The zero-order valence-electron chi connectivity index (χ0n) is 12.9. The second-order valence-corrected chi connectivity index (χ2v) is 7.78. The Bertz CT molecular complexity index is 507. The van der Waals surface area contributed by atoms with Crippen LogP contribution in [-0.4, -0.2) is 22.9 Å². The molecule has 0 aromatic heterocycles. The van der Waals surface area contributed by atoms with E-state index in [0.717, 1.165) is 18.5 Å². The first-order valence-electron chi connectivity index (χ1n) is 7.72. The molecular formula is C18H25NO. The van der Waals surface area contributed by atoms with Crippen LogP contribution in [0.5, 0.6) is 0 Å². The van der Waals surface area contributed by atoms with Crippen molar-refractivity contribution in [1.82, 2.24) is 4.90 Å². The van der Waals surface area contributed by atoms with E-state index in [2.05, 4.69) is 25.7 Å². The van der Waals surface area contributed by atoms with Gasteiger partial charge in [-0.2, -0.15) is 0 Å². The highest BCUT2D eigenvalue weighted by atomic mass is 16.2. The van der Waals surface area contributed by atoms with E-state index in [4.69, 9.17) is 0 Å². The van der Waals surface area contributed by atoms with Crippen molar-refractivity contribution in [2.45, 2.75) is 52.0 Å². The zero-order chi connectivity index (χ0) is 14.4. The van der Waals surface area contributed by atoms with E-state index in [-0.39, 0.29) is 5.54 Å². The fourth-order valence-corrected chi connectivity index (χ4v) is 4.73. The van der Waals surface area contributed by atoms with Crippen LogP contribution in [0.15, 0.2) is 30.3 Å². The number of fused-ring (bicyclic) bond motifs is 2. The average molecular weight is 271 g/mol. The molecule has 2 heteroatoms. The van der Waals surface area contributed by atoms with Crippen molar-refractivity contribution in [2.24, 2.45) is 11.3 Å². The average Bonchev–Trinajstić information content (AvgIpc) is 2.59. The smallest absolute Gasteiger partial charge is 0.227 e. The highest BCUT2D eigenvalue weighted by molar-refractivity contribution is 5.80. The molecule has 3 rings (SSSR count). The SMILES string of the molecule is CC1(C)C[C@H]2CN(C(=O)Cc3ccccc3)[C@](C)(C2)C1. The minimum atomic E-state index is 0.0816. The molecule has 1 aliphatic carbocycles. The standard InChI is InChI=1S/C18H25NO/c1-17(2)10-15-11-18(3,13-17)19(12-15)16(20)9-14-7-5-4-6-8-14/h4-8,15H,9-13H2,1-3H3/t15-,18-/m1/s1. The molecule has 1 saturated heterocycles. The summed E-state index contributed by atoms with van der Waals surface area (Å²) in [4.78, 5) is 14.9. The van der Waals surface area contributed by atoms with Crippen molar-refractivity contribution in [1.29, 1.82) is 0 Å². The maximum Gasteiger partial charge on any atom is 0.227 e. The van der Waals surface area contributed by atoms with E-state index in [0.29, 0.717) is 23.7 Å². The number of carbonyl (C=O) groups excluding carboxylic acids is 1. The number of hydrogen-bond donors (Lipinski definition) is 0. The van der Waals surface area contributed by atoms with Crippen molar-refractivity contribution in [3.8, 4) is 0 Å². The van der Waals surface area contributed by atoms with Gasteiger partial charge in [-0.1, -0.05) is 44.2 Å². The number of benzene rings is 1. The molecule has 1 aliphatic heterocycles. The lowest BCUT2D eigenvalue weighted by atomic mass is 9.67. The van der Waals surface area contributed by atoms with Crippen LogP contribution in [0.25, 0.3) is 0 Å². The van der Waals surface area contributed by atoms with Gasteiger partial charge >= 0.3 is 0 Å². The number of carbonyl (C=O) groups is 1. The molecule has 1 saturated carbocycles. The van der Waals surface area contributed by atoms with E-state index < -0.39 is 0 Å². The fourth-order valence-electron chi connectivity index (χ4n) is 4.73. The van der Waals surface area contributed by atoms with E-state index in [9.17, 15) is 4.79 Å². The van der Waals surface area contributed by atoms with Crippen LogP contribution in [0.3, 0.4) is 0 Å². The minimum Gasteiger partial charge on any atom is -0.337 e. The Hall–Kier alpha value is -1.31. The second-order valence-electron chi connectivity index (χ2n) is 7.78. The summed E-state index contributed by atoms with van der Waals surface area (Å²) >= 11 is 0.